The third-order valence-corrected chi connectivity index (χ3v) is 3.35. The molecule has 1 nitrogen and oxygen atoms in total. The molecule has 2 rings (SSSR count). The Morgan fingerprint density at radius 2 is 2.00 bits per heavy atom. The minimum atomic E-state index is -0.215. The summed E-state index contributed by atoms with van der Waals surface area (Å²) in [6.07, 6.45) is 1.07. The number of nitrogens with one attached hydrogen (secondary N) is 1. The van der Waals surface area contributed by atoms with E-state index in [4.69, 9.17) is 0 Å². The number of hydrogen-bond acceptors (Lipinski definition) is 1. The van der Waals surface area contributed by atoms with Crippen LogP contribution in [0, 0.1) is 5.92 Å². The SMILES string of the molecule is CCc1ccc([C@@H]2CNC[C@@H]2CF)cc1. The number of benzene rings is 1. The zero-order chi connectivity index (χ0) is 10.7. The van der Waals surface area contributed by atoms with Crippen molar-refractivity contribution in [3.05, 3.63) is 35.4 Å². The molecule has 0 aliphatic carbocycles. The van der Waals surface area contributed by atoms with Crippen molar-refractivity contribution in [2.45, 2.75) is 19.3 Å². The molecule has 1 aromatic rings. The lowest BCUT2D eigenvalue weighted by molar-refractivity contribution is 0.358. The summed E-state index contributed by atoms with van der Waals surface area (Å²) in [4.78, 5) is 0. The number of halogens is 1. The first-order valence-corrected chi connectivity index (χ1v) is 5.70. The lowest BCUT2D eigenvalue weighted by atomic mass is 9.89. The first-order chi connectivity index (χ1) is 7.35. The Morgan fingerprint density at radius 3 is 2.60 bits per heavy atom. The van der Waals surface area contributed by atoms with Crippen molar-refractivity contribution in [1.29, 1.82) is 0 Å². The lowest BCUT2D eigenvalue weighted by Gasteiger charge is -2.15. The van der Waals surface area contributed by atoms with E-state index in [1.54, 1.807) is 0 Å². The third kappa shape index (κ3) is 2.20. The summed E-state index contributed by atoms with van der Waals surface area (Å²) >= 11 is 0. The van der Waals surface area contributed by atoms with Crippen LogP contribution in [-0.4, -0.2) is 19.8 Å². The molecule has 2 heteroatoms. The van der Waals surface area contributed by atoms with Gasteiger partial charge in [-0.15, -0.1) is 0 Å². The quantitative estimate of drug-likeness (QED) is 0.803. The fourth-order valence-corrected chi connectivity index (χ4v) is 2.29. The second-order valence-electron chi connectivity index (χ2n) is 4.27. The Hall–Kier alpha value is -0.890. The molecule has 0 radical (unpaired) electrons. The molecule has 1 aliphatic rings. The predicted octanol–water partition coefficient (Wildman–Crippen LogP) is 2.52. The topological polar surface area (TPSA) is 12.0 Å². The van der Waals surface area contributed by atoms with Crippen LogP contribution in [0.2, 0.25) is 0 Å². The highest BCUT2D eigenvalue weighted by Crippen LogP contribution is 2.28. The van der Waals surface area contributed by atoms with Crippen LogP contribution >= 0.6 is 0 Å². The molecule has 1 saturated heterocycles. The van der Waals surface area contributed by atoms with E-state index in [1.807, 2.05) is 0 Å². The number of aryl methyl sites for hydroxylation is 1. The summed E-state index contributed by atoms with van der Waals surface area (Å²) in [5.74, 6) is 0.526. The van der Waals surface area contributed by atoms with Crippen molar-refractivity contribution < 1.29 is 4.39 Å². The summed E-state index contributed by atoms with van der Waals surface area (Å²) in [6.45, 7) is 3.67. The summed E-state index contributed by atoms with van der Waals surface area (Å²) in [5, 5.41) is 3.26. The Labute approximate surface area is 90.7 Å². The van der Waals surface area contributed by atoms with E-state index in [9.17, 15) is 4.39 Å². The standard InChI is InChI=1S/C13H18FN/c1-2-10-3-5-11(6-4-10)13-9-15-8-12(13)7-14/h3-6,12-13,15H,2,7-9H2,1H3/t12-,13-/m0/s1. The molecule has 82 valence electrons. The molecule has 0 bridgehead atoms. The Bertz CT molecular complexity index is 307. The molecule has 15 heavy (non-hydrogen) atoms. The minimum absolute atomic E-state index is 0.164. The van der Waals surface area contributed by atoms with Gasteiger partial charge in [0.1, 0.15) is 0 Å². The predicted molar refractivity (Wildman–Crippen MR) is 60.9 cm³/mol. The molecule has 1 fully saturated rings. The molecule has 0 spiro atoms. The summed E-state index contributed by atoms with van der Waals surface area (Å²) in [5.41, 5.74) is 2.63. The van der Waals surface area contributed by atoms with E-state index in [-0.39, 0.29) is 12.6 Å². The number of hydrogen-bond donors (Lipinski definition) is 1. The summed E-state index contributed by atoms with van der Waals surface area (Å²) in [7, 11) is 0. The molecular formula is C13H18FN. The van der Waals surface area contributed by atoms with Gasteiger partial charge in [0.25, 0.3) is 0 Å². The molecule has 0 unspecified atom stereocenters. The summed E-state index contributed by atoms with van der Waals surface area (Å²) < 4.78 is 12.7. The number of rotatable bonds is 3. The molecule has 1 aromatic carbocycles. The van der Waals surface area contributed by atoms with E-state index in [0.29, 0.717) is 5.92 Å². The van der Waals surface area contributed by atoms with Crippen molar-refractivity contribution in [1.82, 2.24) is 5.32 Å². The largest absolute Gasteiger partial charge is 0.316 e. The molecule has 1 heterocycles. The zero-order valence-corrected chi connectivity index (χ0v) is 9.17. The maximum Gasteiger partial charge on any atom is 0.0941 e. The number of alkyl halides is 1. The van der Waals surface area contributed by atoms with Crippen LogP contribution in [0.5, 0.6) is 0 Å². The van der Waals surface area contributed by atoms with Crippen molar-refractivity contribution in [2.24, 2.45) is 5.92 Å². The molecule has 0 saturated carbocycles. The Balaban J connectivity index is 2.14. The van der Waals surface area contributed by atoms with Crippen molar-refractivity contribution in [3.8, 4) is 0 Å². The van der Waals surface area contributed by atoms with E-state index in [0.717, 1.165) is 19.5 Å². The van der Waals surface area contributed by atoms with Gasteiger partial charge in [-0.1, -0.05) is 31.2 Å². The van der Waals surface area contributed by atoms with Gasteiger partial charge in [-0.2, -0.15) is 0 Å². The highest BCUT2D eigenvalue weighted by Gasteiger charge is 2.27. The van der Waals surface area contributed by atoms with E-state index in [1.165, 1.54) is 11.1 Å². The van der Waals surface area contributed by atoms with Crippen LogP contribution in [-0.2, 0) is 6.42 Å². The van der Waals surface area contributed by atoms with E-state index in [2.05, 4.69) is 36.5 Å². The van der Waals surface area contributed by atoms with Gasteiger partial charge in [0, 0.05) is 24.9 Å². The van der Waals surface area contributed by atoms with Crippen molar-refractivity contribution >= 4 is 0 Å². The minimum Gasteiger partial charge on any atom is -0.316 e. The van der Waals surface area contributed by atoms with Gasteiger partial charge < -0.3 is 5.32 Å². The van der Waals surface area contributed by atoms with Gasteiger partial charge in [0.15, 0.2) is 0 Å². The first-order valence-electron chi connectivity index (χ1n) is 5.70. The van der Waals surface area contributed by atoms with Crippen LogP contribution in [0.4, 0.5) is 4.39 Å². The summed E-state index contributed by atoms with van der Waals surface area (Å²) in [6, 6.07) is 8.62. The average molecular weight is 207 g/mol. The fraction of sp³-hybridized carbons (Fsp3) is 0.538. The first kappa shape index (κ1) is 10.6. The van der Waals surface area contributed by atoms with Gasteiger partial charge in [-0.25, -0.2) is 0 Å². The van der Waals surface area contributed by atoms with Crippen LogP contribution in [0.3, 0.4) is 0 Å². The Kier molecular flexibility index (Phi) is 3.37. The van der Waals surface area contributed by atoms with Crippen LogP contribution in [0.15, 0.2) is 24.3 Å². The molecule has 1 aliphatic heterocycles. The van der Waals surface area contributed by atoms with E-state index < -0.39 is 0 Å². The van der Waals surface area contributed by atoms with Gasteiger partial charge in [0.2, 0.25) is 0 Å². The van der Waals surface area contributed by atoms with Crippen LogP contribution in [0.25, 0.3) is 0 Å². The second-order valence-corrected chi connectivity index (χ2v) is 4.27. The van der Waals surface area contributed by atoms with Gasteiger partial charge in [-0.05, 0) is 17.5 Å². The normalized spacial score (nSPS) is 25.7. The molecular weight excluding hydrogens is 189 g/mol. The molecule has 1 N–H and O–H groups in total. The van der Waals surface area contributed by atoms with Crippen molar-refractivity contribution in [2.75, 3.05) is 19.8 Å². The van der Waals surface area contributed by atoms with Crippen LogP contribution in [0.1, 0.15) is 24.0 Å². The smallest absolute Gasteiger partial charge is 0.0941 e. The highest BCUT2D eigenvalue weighted by atomic mass is 19.1. The van der Waals surface area contributed by atoms with Gasteiger partial charge in [-0.3, -0.25) is 4.39 Å². The average Bonchev–Trinajstić information content (AvgIpc) is 2.77. The van der Waals surface area contributed by atoms with E-state index >= 15 is 0 Å². The van der Waals surface area contributed by atoms with Gasteiger partial charge >= 0.3 is 0 Å². The molecule has 2 atom stereocenters. The maximum absolute atomic E-state index is 12.7. The zero-order valence-electron chi connectivity index (χ0n) is 9.17. The highest BCUT2D eigenvalue weighted by molar-refractivity contribution is 5.27. The molecule has 0 amide bonds. The second kappa shape index (κ2) is 4.75. The van der Waals surface area contributed by atoms with Gasteiger partial charge in [0.05, 0.1) is 6.67 Å². The lowest BCUT2D eigenvalue weighted by Crippen LogP contribution is -2.12. The van der Waals surface area contributed by atoms with Crippen molar-refractivity contribution in [3.63, 3.8) is 0 Å². The fourth-order valence-electron chi connectivity index (χ4n) is 2.29. The third-order valence-electron chi connectivity index (χ3n) is 3.35. The molecule has 0 aromatic heterocycles. The van der Waals surface area contributed by atoms with Crippen LogP contribution < -0.4 is 5.32 Å². The Morgan fingerprint density at radius 1 is 1.27 bits per heavy atom. The monoisotopic (exact) mass is 207 g/mol. The maximum atomic E-state index is 12.7.